The van der Waals surface area contributed by atoms with Crippen LogP contribution < -0.4 is 15.4 Å². The largest absolute Gasteiger partial charge is 0.497 e. The highest BCUT2D eigenvalue weighted by atomic mass is 32.1. The van der Waals surface area contributed by atoms with Gasteiger partial charge in [-0.2, -0.15) is 0 Å². The maximum Gasteiger partial charge on any atom is 0.315 e. The summed E-state index contributed by atoms with van der Waals surface area (Å²) in [4.78, 5) is 13.1. The van der Waals surface area contributed by atoms with E-state index in [-0.39, 0.29) is 12.1 Å². The lowest BCUT2D eigenvalue weighted by atomic mass is 10.0. The highest BCUT2D eigenvalue weighted by molar-refractivity contribution is 7.09. The number of methoxy groups -OCH3 is 1. The summed E-state index contributed by atoms with van der Waals surface area (Å²) in [5.74, 6) is 0.816. The molecule has 2 N–H and O–H groups in total. The number of thiophene rings is 1. The summed E-state index contributed by atoms with van der Waals surface area (Å²) in [7, 11) is 1.64. The Morgan fingerprint density at radius 2 is 2.05 bits per heavy atom. The van der Waals surface area contributed by atoms with Gasteiger partial charge in [0, 0.05) is 4.88 Å². The average molecular weight is 304 g/mol. The normalized spacial score (nSPS) is 11.7. The fourth-order valence-electron chi connectivity index (χ4n) is 2.05. The first-order chi connectivity index (χ1) is 10.2. The molecule has 0 spiro atoms. The van der Waals surface area contributed by atoms with E-state index in [0.29, 0.717) is 6.54 Å². The smallest absolute Gasteiger partial charge is 0.315 e. The Kier molecular flexibility index (Phi) is 5.63. The Morgan fingerprint density at radius 3 is 2.62 bits per heavy atom. The van der Waals surface area contributed by atoms with Gasteiger partial charge in [-0.15, -0.1) is 11.3 Å². The van der Waals surface area contributed by atoms with Crippen molar-refractivity contribution in [1.29, 1.82) is 0 Å². The monoisotopic (exact) mass is 304 g/mol. The van der Waals surface area contributed by atoms with Gasteiger partial charge in [-0.3, -0.25) is 0 Å². The van der Waals surface area contributed by atoms with Gasteiger partial charge < -0.3 is 15.4 Å². The molecule has 0 aliphatic carbocycles. The molecule has 112 valence electrons. The highest BCUT2D eigenvalue weighted by Crippen LogP contribution is 2.20. The van der Waals surface area contributed by atoms with Crippen molar-refractivity contribution >= 4 is 17.4 Å². The average Bonchev–Trinajstić information content (AvgIpc) is 3.04. The van der Waals surface area contributed by atoms with Crippen molar-refractivity contribution in [2.45, 2.75) is 25.9 Å². The summed E-state index contributed by atoms with van der Waals surface area (Å²) in [6, 6.07) is 11.6. The predicted octanol–water partition coefficient (Wildman–Crippen LogP) is 3.71. The zero-order valence-electron chi connectivity index (χ0n) is 12.3. The fourth-order valence-corrected chi connectivity index (χ4v) is 2.69. The number of hydrogen-bond donors (Lipinski definition) is 2. The van der Waals surface area contributed by atoms with Crippen molar-refractivity contribution in [2.75, 3.05) is 7.11 Å². The number of hydrogen-bond acceptors (Lipinski definition) is 3. The Bertz CT molecular complexity index is 552. The summed E-state index contributed by atoms with van der Waals surface area (Å²) >= 11 is 1.63. The standard InChI is InChI=1S/C16H20N2O2S/c1-3-15(12-6-8-13(20-2)9-7-12)18-16(19)17-11-14-5-4-10-21-14/h4-10,15H,3,11H2,1-2H3,(H2,17,18,19). The third-order valence-electron chi connectivity index (χ3n) is 3.24. The molecule has 2 rings (SSSR count). The van der Waals surface area contributed by atoms with E-state index in [0.717, 1.165) is 22.6 Å². The number of carbonyl (C=O) groups excluding carboxylic acids is 1. The maximum absolute atomic E-state index is 12.0. The Balaban J connectivity index is 1.89. The van der Waals surface area contributed by atoms with Crippen LogP contribution in [-0.4, -0.2) is 13.1 Å². The van der Waals surface area contributed by atoms with Crippen LogP contribution in [0, 0.1) is 0 Å². The Morgan fingerprint density at radius 1 is 1.29 bits per heavy atom. The number of benzene rings is 1. The minimum Gasteiger partial charge on any atom is -0.497 e. The molecule has 0 saturated heterocycles. The molecule has 1 unspecified atom stereocenters. The lowest BCUT2D eigenvalue weighted by Crippen LogP contribution is -2.37. The zero-order chi connectivity index (χ0) is 15.1. The number of carbonyl (C=O) groups is 1. The maximum atomic E-state index is 12.0. The summed E-state index contributed by atoms with van der Waals surface area (Å²) < 4.78 is 5.15. The number of nitrogens with one attached hydrogen (secondary N) is 2. The minimum absolute atomic E-state index is 0.000702. The van der Waals surface area contributed by atoms with Gasteiger partial charge in [0.25, 0.3) is 0 Å². The molecule has 0 saturated carbocycles. The van der Waals surface area contributed by atoms with Gasteiger partial charge in [-0.25, -0.2) is 4.79 Å². The summed E-state index contributed by atoms with van der Waals surface area (Å²) in [6.45, 7) is 2.61. The van der Waals surface area contributed by atoms with Gasteiger partial charge in [0.1, 0.15) is 5.75 Å². The van der Waals surface area contributed by atoms with E-state index in [1.54, 1.807) is 18.4 Å². The van der Waals surface area contributed by atoms with Gasteiger partial charge >= 0.3 is 6.03 Å². The second kappa shape index (κ2) is 7.69. The van der Waals surface area contributed by atoms with Crippen LogP contribution in [0.3, 0.4) is 0 Å². The Hall–Kier alpha value is -2.01. The van der Waals surface area contributed by atoms with Crippen LogP contribution in [0.4, 0.5) is 4.79 Å². The third-order valence-corrected chi connectivity index (χ3v) is 4.11. The van der Waals surface area contributed by atoms with Crippen molar-refractivity contribution in [3.63, 3.8) is 0 Å². The van der Waals surface area contributed by atoms with Gasteiger partial charge in [-0.1, -0.05) is 25.1 Å². The highest BCUT2D eigenvalue weighted by Gasteiger charge is 2.12. The van der Waals surface area contributed by atoms with E-state index in [9.17, 15) is 4.79 Å². The van der Waals surface area contributed by atoms with Gasteiger partial charge in [0.15, 0.2) is 0 Å². The first kappa shape index (κ1) is 15.4. The second-order valence-corrected chi connectivity index (χ2v) is 5.67. The van der Waals surface area contributed by atoms with E-state index < -0.39 is 0 Å². The SMILES string of the molecule is CCC(NC(=O)NCc1cccs1)c1ccc(OC)cc1. The second-order valence-electron chi connectivity index (χ2n) is 4.64. The molecule has 1 heterocycles. The van der Waals surface area contributed by atoms with Crippen LogP contribution >= 0.6 is 11.3 Å². The third kappa shape index (κ3) is 4.49. The molecule has 21 heavy (non-hydrogen) atoms. The molecule has 0 bridgehead atoms. The van der Waals surface area contributed by atoms with Crippen LogP contribution in [0.15, 0.2) is 41.8 Å². The van der Waals surface area contributed by atoms with Crippen LogP contribution in [0.5, 0.6) is 5.75 Å². The predicted molar refractivity (Wildman–Crippen MR) is 85.7 cm³/mol. The first-order valence-corrected chi connectivity index (χ1v) is 7.81. The molecule has 2 amide bonds. The fraction of sp³-hybridized carbons (Fsp3) is 0.312. The van der Waals surface area contributed by atoms with Crippen LogP contribution in [0.1, 0.15) is 29.8 Å². The quantitative estimate of drug-likeness (QED) is 0.855. The Labute approximate surface area is 129 Å². The van der Waals surface area contributed by atoms with Crippen molar-refractivity contribution in [3.8, 4) is 5.75 Å². The van der Waals surface area contributed by atoms with Crippen LogP contribution in [0.25, 0.3) is 0 Å². The topological polar surface area (TPSA) is 50.4 Å². The van der Waals surface area contributed by atoms with Crippen molar-refractivity contribution in [2.24, 2.45) is 0 Å². The molecule has 4 nitrogen and oxygen atoms in total. The van der Waals surface area contributed by atoms with E-state index in [1.165, 1.54) is 0 Å². The molecule has 0 aliphatic heterocycles. The molecule has 5 heteroatoms. The molecular formula is C16H20N2O2S. The van der Waals surface area contributed by atoms with Gasteiger partial charge in [0.2, 0.25) is 0 Å². The number of ether oxygens (including phenoxy) is 1. The molecule has 0 aliphatic rings. The first-order valence-electron chi connectivity index (χ1n) is 6.93. The number of rotatable bonds is 6. The lowest BCUT2D eigenvalue weighted by molar-refractivity contribution is 0.236. The lowest BCUT2D eigenvalue weighted by Gasteiger charge is -2.18. The summed E-state index contributed by atoms with van der Waals surface area (Å²) in [6.07, 6.45) is 0.832. The molecule has 2 aromatic rings. The van der Waals surface area contributed by atoms with Crippen LogP contribution in [-0.2, 0) is 6.54 Å². The number of urea groups is 1. The van der Waals surface area contributed by atoms with E-state index in [2.05, 4.69) is 17.6 Å². The van der Waals surface area contributed by atoms with Crippen molar-refractivity contribution in [3.05, 3.63) is 52.2 Å². The van der Waals surface area contributed by atoms with Gasteiger partial charge in [0.05, 0.1) is 19.7 Å². The van der Waals surface area contributed by atoms with Crippen molar-refractivity contribution < 1.29 is 9.53 Å². The molecule has 1 atom stereocenters. The summed E-state index contributed by atoms with van der Waals surface area (Å²) in [5, 5.41) is 7.88. The minimum atomic E-state index is -0.147. The van der Waals surface area contributed by atoms with E-state index in [1.807, 2.05) is 41.8 Å². The van der Waals surface area contributed by atoms with E-state index >= 15 is 0 Å². The van der Waals surface area contributed by atoms with E-state index in [4.69, 9.17) is 4.74 Å². The van der Waals surface area contributed by atoms with Gasteiger partial charge in [-0.05, 0) is 35.6 Å². The molecule has 1 aromatic heterocycles. The summed E-state index contributed by atoms with van der Waals surface area (Å²) in [5.41, 5.74) is 1.07. The van der Waals surface area contributed by atoms with Crippen molar-refractivity contribution in [1.82, 2.24) is 10.6 Å². The molecule has 0 radical (unpaired) electrons. The number of amides is 2. The molecule has 0 fully saturated rings. The van der Waals surface area contributed by atoms with Crippen LogP contribution in [0.2, 0.25) is 0 Å². The molecular weight excluding hydrogens is 284 g/mol. The zero-order valence-corrected chi connectivity index (χ0v) is 13.1. The molecule has 1 aromatic carbocycles.